The van der Waals surface area contributed by atoms with E-state index in [0.29, 0.717) is 32.3 Å². The first-order valence-corrected chi connectivity index (χ1v) is 9.29. The van der Waals surface area contributed by atoms with Crippen LogP contribution < -0.4 is 5.62 Å². The molecule has 0 bridgehead atoms. The van der Waals surface area contributed by atoms with Crippen molar-refractivity contribution in [2.24, 2.45) is 0 Å². The molecular weight excluding hydrogens is 350 g/mol. The van der Waals surface area contributed by atoms with Crippen molar-refractivity contribution in [2.75, 3.05) is 0 Å². The van der Waals surface area contributed by atoms with E-state index in [1.807, 2.05) is 94.1 Å². The summed E-state index contributed by atoms with van der Waals surface area (Å²) in [5, 5.41) is 8.61. The summed E-state index contributed by atoms with van der Waals surface area (Å²) in [7, 11) is 0. The molecule has 0 aliphatic heterocycles. The Labute approximate surface area is 163 Å². The Morgan fingerprint density at radius 2 is 0.964 bits per heavy atom. The highest BCUT2D eigenvalue weighted by Crippen LogP contribution is 2.14. The van der Waals surface area contributed by atoms with Crippen LogP contribution in [0, 0.1) is 5.41 Å². The fourth-order valence-corrected chi connectivity index (χ4v) is 3.21. The highest BCUT2D eigenvalue weighted by Gasteiger charge is 2.10. The number of nitrogens with one attached hydrogen (secondary N) is 1. The lowest BCUT2D eigenvalue weighted by Crippen LogP contribution is -2.26. The van der Waals surface area contributed by atoms with Gasteiger partial charge in [0.1, 0.15) is 13.5 Å². The maximum absolute atomic E-state index is 8.61. The monoisotopic (exact) mass is 373 g/mol. The standard InChI is InChI=1S/C23H23N3O2/c24-23-25(17-27-15-19-9-3-1-4-10-19)21-13-7-8-14-22(21)26(23)18-28-16-20-11-5-2-6-12-20/h1-14,24H,15-18H2. The average Bonchev–Trinajstić information content (AvgIpc) is 3.01. The third kappa shape index (κ3) is 4.06. The number of hydrogen-bond donors (Lipinski definition) is 1. The summed E-state index contributed by atoms with van der Waals surface area (Å²) in [6.07, 6.45) is 0. The van der Waals surface area contributed by atoms with Gasteiger partial charge in [0.05, 0.1) is 24.2 Å². The molecule has 0 unspecified atom stereocenters. The predicted molar refractivity (Wildman–Crippen MR) is 108 cm³/mol. The minimum Gasteiger partial charge on any atom is -0.356 e. The highest BCUT2D eigenvalue weighted by molar-refractivity contribution is 5.75. The maximum atomic E-state index is 8.61. The van der Waals surface area contributed by atoms with Crippen molar-refractivity contribution in [1.82, 2.24) is 9.13 Å². The van der Waals surface area contributed by atoms with Gasteiger partial charge in [-0.05, 0) is 23.3 Å². The van der Waals surface area contributed by atoms with Crippen LogP contribution in [0.1, 0.15) is 11.1 Å². The molecule has 0 saturated heterocycles. The van der Waals surface area contributed by atoms with E-state index in [1.165, 1.54) is 0 Å². The van der Waals surface area contributed by atoms with Crippen LogP contribution in [-0.2, 0) is 36.1 Å². The van der Waals surface area contributed by atoms with Crippen LogP contribution in [0.2, 0.25) is 0 Å². The second kappa shape index (κ2) is 8.69. The van der Waals surface area contributed by atoms with Gasteiger partial charge >= 0.3 is 0 Å². The van der Waals surface area contributed by atoms with Gasteiger partial charge in [-0.3, -0.25) is 14.5 Å². The lowest BCUT2D eigenvalue weighted by atomic mass is 10.2. The molecule has 1 aromatic heterocycles. The molecule has 4 rings (SSSR count). The SMILES string of the molecule is N=c1n(COCc2ccccc2)c2ccccc2n1COCc1ccccc1. The number of imidazole rings is 1. The van der Waals surface area contributed by atoms with Crippen molar-refractivity contribution in [3.05, 3.63) is 102 Å². The van der Waals surface area contributed by atoms with Crippen LogP contribution in [0.15, 0.2) is 84.9 Å². The van der Waals surface area contributed by atoms with Crippen molar-refractivity contribution < 1.29 is 9.47 Å². The van der Waals surface area contributed by atoms with Crippen molar-refractivity contribution in [3.63, 3.8) is 0 Å². The van der Waals surface area contributed by atoms with E-state index in [-0.39, 0.29) is 0 Å². The topological polar surface area (TPSA) is 52.2 Å². The number of fused-ring (bicyclic) bond motifs is 1. The predicted octanol–water partition coefficient (Wildman–Crippen LogP) is 4.27. The Bertz CT molecular complexity index is 1000. The van der Waals surface area contributed by atoms with E-state index in [4.69, 9.17) is 14.9 Å². The van der Waals surface area contributed by atoms with Gasteiger partial charge in [-0.2, -0.15) is 0 Å². The average molecular weight is 373 g/mol. The summed E-state index contributed by atoms with van der Waals surface area (Å²) in [6, 6.07) is 28.1. The fourth-order valence-electron chi connectivity index (χ4n) is 3.21. The van der Waals surface area contributed by atoms with Crippen LogP contribution in [0.5, 0.6) is 0 Å². The van der Waals surface area contributed by atoms with Gasteiger partial charge in [0.25, 0.3) is 0 Å². The largest absolute Gasteiger partial charge is 0.356 e. The first-order chi connectivity index (χ1) is 13.8. The van der Waals surface area contributed by atoms with E-state index in [9.17, 15) is 0 Å². The Hall–Kier alpha value is -3.15. The summed E-state index contributed by atoms with van der Waals surface area (Å²) in [6.45, 7) is 1.66. The van der Waals surface area contributed by atoms with Gasteiger partial charge in [-0.15, -0.1) is 0 Å². The highest BCUT2D eigenvalue weighted by atomic mass is 16.5. The summed E-state index contributed by atoms with van der Waals surface area (Å²) < 4.78 is 15.5. The van der Waals surface area contributed by atoms with E-state index in [1.54, 1.807) is 0 Å². The lowest BCUT2D eigenvalue weighted by Gasteiger charge is -2.07. The second-order valence-corrected chi connectivity index (χ2v) is 6.59. The Balaban J connectivity index is 1.49. The molecule has 1 N–H and O–H groups in total. The quantitative estimate of drug-likeness (QED) is 0.501. The zero-order valence-corrected chi connectivity index (χ0v) is 15.6. The van der Waals surface area contributed by atoms with Crippen LogP contribution in [0.3, 0.4) is 0 Å². The van der Waals surface area contributed by atoms with E-state index >= 15 is 0 Å². The van der Waals surface area contributed by atoms with Gasteiger partial charge < -0.3 is 9.47 Å². The number of ether oxygens (including phenoxy) is 2. The van der Waals surface area contributed by atoms with Gasteiger partial charge in [-0.1, -0.05) is 72.8 Å². The maximum Gasteiger partial charge on any atom is 0.206 e. The fraction of sp³-hybridized carbons (Fsp3) is 0.174. The summed E-state index contributed by atoms with van der Waals surface area (Å²) in [5.41, 5.74) is 4.52. The number of para-hydroxylation sites is 2. The lowest BCUT2D eigenvalue weighted by molar-refractivity contribution is 0.0515. The molecule has 28 heavy (non-hydrogen) atoms. The van der Waals surface area contributed by atoms with E-state index in [0.717, 1.165) is 22.2 Å². The number of hydrogen-bond acceptors (Lipinski definition) is 3. The molecule has 0 spiro atoms. The zero-order valence-electron chi connectivity index (χ0n) is 15.6. The molecule has 0 saturated carbocycles. The number of aromatic nitrogens is 2. The zero-order chi connectivity index (χ0) is 19.2. The summed E-state index contributed by atoms with van der Waals surface area (Å²) in [5.74, 6) is 0. The molecule has 5 nitrogen and oxygen atoms in total. The molecule has 4 aromatic rings. The molecule has 0 radical (unpaired) electrons. The Kier molecular flexibility index (Phi) is 5.66. The van der Waals surface area contributed by atoms with Crippen molar-refractivity contribution in [3.8, 4) is 0 Å². The molecule has 3 aromatic carbocycles. The van der Waals surface area contributed by atoms with Crippen molar-refractivity contribution in [1.29, 1.82) is 5.41 Å². The number of benzene rings is 3. The molecular formula is C23H23N3O2. The second-order valence-electron chi connectivity index (χ2n) is 6.59. The van der Waals surface area contributed by atoms with Gasteiger partial charge in [0.15, 0.2) is 0 Å². The van der Waals surface area contributed by atoms with Crippen LogP contribution >= 0.6 is 0 Å². The van der Waals surface area contributed by atoms with Crippen molar-refractivity contribution in [2.45, 2.75) is 26.7 Å². The summed E-state index contributed by atoms with van der Waals surface area (Å²) in [4.78, 5) is 0. The molecule has 0 fully saturated rings. The van der Waals surface area contributed by atoms with Crippen LogP contribution in [0.25, 0.3) is 11.0 Å². The molecule has 5 heteroatoms. The molecule has 0 atom stereocenters. The number of nitrogens with zero attached hydrogens (tertiary/aromatic N) is 2. The molecule has 0 aliphatic rings. The van der Waals surface area contributed by atoms with E-state index in [2.05, 4.69) is 0 Å². The molecule has 142 valence electrons. The third-order valence-electron chi connectivity index (χ3n) is 4.64. The Morgan fingerprint density at radius 3 is 1.39 bits per heavy atom. The van der Waals surface area contributed by atoms with E-state index < -0.39 is 0 Å². The minimum atomic E-state index is 0.319. The van der Waals surface area contributed by atoms with Crippen LogP contribution in [-0.4, -0.2) is 9.13 Å². The van der Waals surface area contributed by atoms with Gasteiger partial charge in [0.2, 0.25) is 5.62 Å². The van der Waals surface area contributed by atoms with Crippen molar-refractivity contribution >= 4 is 11.0 Å². The first-order valence-electron chi connectivity index (χ1n) is 9.29. The van der Waals surface area contributed by atoms with Gasteiger partial charge in [0, 0.05) is 0 Å². The smallest absolute Gasteiger partial charge is 0.206 e. The number of rotatable bonds is 8. The third-order valence-corrected chi connectivity index (χ3v) is 4.64. The molecule has 1 heterocycles. The van der Waals surface area contributed by atoms with Gasteiger partial charge in [-0.25, -0.2) is 0 Å². The van der Waals surface area contributed by atoms with Crippen LogP contribution in [0.4, 0.5) is 0 Å². The normalized spacial score (nSPS) is 11.1. The molecule has 0 aliphatic carbocycles. The first kappa shape index (κ1) is 18.2. The Morgan fingerprint density at radius 1 is 0.571 bits per heavy atom. The summed E-state index contributed by atoms with van der Waals surface area (Å²) >= 11 is 0. The molecule has 0 amide bonds. The minimum absolute atomic E-state index is 0.319.